The zero-order valence-electron chi connectivity index (χ0n) is 7.78. The predicted molar refractivity (Wildman–Crippen MR) is 48.5 cm³/mol. The van der Waals surface area contributed by atoms with Crippen LogP contribution >= 0.6 is 7.60 Å². The molecular weight excluding hydrogens is 175 g/mol. The molecule has 0 aromatic carbocycles. The van der Waals surface area contributed by atoms with Crippen LogP contribution in [0.5, 0.6) is 0 Å². The molecule has 0 radical (unpaired) electrons. The van der Waals surface area contributed by atoms with Gasteiger partial charge < -0.3 is 9.05 Å². The molecule has 0 spiro atoms. The van der Waals surface area contributed by atoms with Gasteiger partial charge in [-0.1, -0.05) is 12.8 Å². The summed E-state index contributed by atoms with van der Waals surface area (Å²) in [5.74, 6) is 0. The zero-order chi connectivity index (χ0) is 9.03. The van der Waals surface area contributed by atoms with Gasteiger partial charge in [-0.15, -0.1) is 0 Å². The summed E-state index contributed by atoms with van der Waals surface area (Å²) in [5.41, 5.74) is 0. The Morgan fingerprint density at radius 2 is 2.00 bits per heavy atom. The third-order valence-corrected chi connectivity index (χ3v) is 3.41. The molecule has 0 aliphatic heterocycles. The number of hydrogen-bond donors (Lipinski definition) is 0. The maximum absolute atomic E-state index is 11.5. The average Bonchev–Trinajstić information content (AvgIpc) is 2.38. The first-order valence-electron chi connectivity index (χ1n) is 4.54. The van der Waals surface area contributed by atoms with Crippen molar-refractivity contribution in [3.63, 3.8) is 0 Å². The molecule has 0 N–H and O–H groups in total. The third-order valence-electron chi connectivity index (χ3n) is 2.01. The van der Waals surface area contributed by atoms with Crippen LogP contribution in [0, 0.1) is 0 Å². The zero-order valence-corrected chi connectivity index (χ0v) is 8.68. The highest BCUT2D eigenvalue weighted by atomic mass is 31.2. The maximum atomic E-state index is 11.5. The summed E-state index contributed by atoms with van der Waals surface area (Å²) in [6.07, 6.45) is 4.62. The predicted octanol–water partition coefficient (Wildman–Crippen LogP) is 2.81. The molecule has 1 atom stereocenters. The smallest absolute Gasteiger partial charge is 0.309 e. The Bertz CT molecular complexity index is 175. The van der Waals surface area contributed by atoms with Crippen molar-refractivity contribution in [1.29, 1.82) is 0 Å². The fraction of sp³-hybridized carbons (Fsp3) is 1.00. The first kappa shape index (κ1) is 10.2. The van der Waals surface area contributed by atoms with Gasteiger partial charge in [-0.2, -0.15) is 0 Å². The lowest BCUT2D eigenvalue weighted by Gasteiger charge is -2.17. The van der Waals surface area contributed by atoms with Crippen LogP contribution in [0.25, 0.3) is 0 Å². The van der Waals surface area contributed by atoms with Gasteiger partial charge in [0.05, 0.1) is 12.7 Å². The van der Waals surface area contributed by atoms with Crippen LogP contribution in [0.1, 0.15) is 32.6 Å². The molecule has 0 aromatic heterocycles. The second-order valence-electron chi connectivity index (χ2n) is 3.20. The Morgan fingerprint density at radius 3 is 2.50 bits per heavy atom. The minimum atomic E-state index is -2.74. The van der Waals surface area contributed by atoms with Crippen molar-refractivity contribution in [2.75, 3.05) is 13.3 Å². The summed E-state index contributed by atoms with van der Waals surface area (Å²) in [5, 5.41) is 0. The van der Waals surface area contributed by atoms with E-state index in [1.807, 2.05) is 6.92 Å². The summed E-state index contributed by atoms with van der Waals surface area (Å²) in [6, 6.07) is 0. The van der Waals surface area contributed by atoms with Gasteiger partial charge in [-0.05, 0) is 19.8 Å². The van der Waals surface area contributed by atoms with Gasteiger partial charge >= 0.3 is 7.60 Å². The average molecular weight is 192 g/mol. The highest BCUT2D eigenvalue weighted by Crippen LogP contribution is 2.47. The van der Waals surface area contributed by atoms with Crippen molar-refractivity contribution in [2.45, 2.75) is 38.7 Å². The van der Waals surface area contributed by atoms with Gasteiger partial charge in [0.25, 0.3) is 0 Å². The molecule has 0 saturated heterocycles. The molecule has 1 unspecified atom stereocenters. The van der Waals surface area contributed by atoms with Crippen molar-refractivity contribution in [2.24, 2.45) is 0 Å². The molecule has 1 aliphatic carbocycles. The lowest BCUT2D eigenvalue weighted by atomic mass is 10.3. The standard InChI is InChI=1S/C8H17O3P/c1-3-10-12(2,9)11-8-6-4-5-7-8/h8H,3-7H2,1-2H3. The minimum Gasteiger partial charge on any atom is -0.309 e. The molecular formula is C8H17O3P. The Morgan fingerprint density at radius 1 is 1.42 bits per heavy atom. The Labute approximate surface area is 74.0 Å². The van der Waals surface area contributed by atoms with Gasteiger partial charge in [0.15, 0.2) is 0 Å². The summed E-state index contributed by atoms with van der Waals surface area (Å²) < 4.78 is 21.9. The number of hydrogen-bond acceptors (Lipinski definition) is 3. The summed E-state index contributed by atoms with van der Waals surface area (Å²) in [7, 11) is -2.74. The topological polar surface area (TPSA) is 35.5 Å². The van der Waals surface area contributed by atoms with E-state index in [0.29, 0.717) is 6.61 Å². The third kappa shape index (κ3) is 3.26. The van der Waals surface area contributed by atoms with Crippen LogP contribution in [-0.2, 0) is 13.6 Å². The Hall–Kier alpha value is 0.150. The van der Waals surface area contributed by atoms with Crippen molar-refractivity contribution >= 4 is 7.60 Å². The SMILES string of the molecule is CCOP(C)(=O)OC1CCCC1. The van der Waals surface area contributed by atoms with Crippen LogP contribution in [0.4, 0.5) is 0 Å². The molecule has 3 nitrogen and oxygen atoms in total. The van der Waals surface area contributed by atoms with Crippen molar-refractivity contribution in [3.8, 4) is 0 Å². The first-order valence-corrected chi connectivity index (χ1v) is 6.53. The van der Waals surface area contributed by atoms with Gasteiger partial charge in [0.2, 0.25) is 0 Å². The van der Waals surface area contributed by atoms with Gasteiger partial charge in [-0.3, -0.25) is 4.57 Å². The van der Waals surface area contributed by atoms with Gasteiger partial charge in [-0.25, -0.2) is 0 Å². The van der Waals surface area contributed by atoms with Crippen molar-refractivity contribution < 1.29 is 13.6 Å². The fourth-order valence-corrected chi connectivity index (χ4v) is 2.81. The van der Waals surface area contributed by atoms with Crippen LogP contribution in [-0.4, -0.2) is 19.4 Å². The quantitative estimate of drug-likeness (QED) is 0.642. The largest absolute Gasteiger partial charge is 0.327 e. The second-order valence-corrected chi connectivity index (χ2v) is 5.21. The lowest BCUT2D eigenvalue weighted by Crippen LogP contribution is -2.06. The summed E-state index contributed by atoms with van der Waals surface area (Å²) >= 11 is 0. The molecule has 1 fully saturated rings. The summed E-state index contributed by atoms with van der Waals surface area (Å²) in [4.78, 5) is 0. The van der Waals surface area contributed by atoms with Crippen LogP contribution in [0.15, 0.2) is 0 Å². The highest BCUT2D eigenvalue weighted by molar-refractivity contribution is 7.53. The molecule has 1 aliphatic rings. The van der Waals surface area contributed by atoms with E-state index >= 15 is 0 Å². The normalized spacial score (nSPS) is 24.2. The molecule has 12 heavy (non-hydrogen) atoms. The first-order chi connectivity index (χ1) is 5.64. The Kier molecular flexibility index (Phi) is 3.76. The van der Waals surface area contributed by atoms with E-state index < -0.39 is 7.60 Å². The minimum absolute atomic E-state index is 0.174. The van der Waals surface area contributed by atoms with Gasteiger partial charge in [0, 0.05) is 6.66 Å². The Balaban J connectivity index is 2.32. The van der Waals surface area contributed by atoms with E-state index in [9.17, 15) is 4.57 Å². The number of rotatable bonds is 4. The second kappa shape index (κ2) is 4.40. The monoisotopic (exact) mass is 192 g/mol. The molecule has 0 aromatic rings. The lowest BCUT2D eigenvalue weighted by molar-refractivity contribution is 0.158. The summed E-state index contributed by atoms with van der Waals surface area (Å²) in [6.45, 7) is 3.84. The van der Waals surface area contributed by atoms with Crippen LogP contribution < -0.4 is 0 Å². The maximum Gasteiger partial charge on any atom is 0.327 e. The molecule has 0 bridgehead atoms. The molecule has 72 valence electrons. The molecule has 1 saturated carbocycles. The van der Waals surface area contributed by atoms with Crippen LogP contribution in [0.3, 0.4) is 0 Å². The molecule has 1 rings (SSSR count). The van der Waals surface area contributed by atoms with E-state index in [2.05, 4.69) is 0 Å². The van der Waals surface area contributed by atoms with E-state index in [1.54, 1.807) is 6.66 Å². The van der Waals surface area contributed by atoms with Gasteiger partial charge in [0.1, 0.15) is 0 Å². The van der Waals surface area contributed by atoms with Crippen molar-refractivity contribution in [3.05, 3.63) is 0 Å². The van der Waals surface area contributed by atoms with Crippen molar-refractivity contribution in [1.82, 2.24) is 0 Å². The molecule has 0 amide bonds. The van der Waals surface area contributed by atoms with E-state index in [1.165, 1.54) is 12.8 Å². The molecule has 4 heteroatoms. The fourth-order valence-electron chi connectivity index (χ4n) is 1.53. The van der Waals surface area contributed by atoms with E-state index in [-0.39, 0.29) is 6.10 Å². The van der Waals surface area contributed by atoms with E-state index in [4.69, 9.17) is 9.05 Å². The van der Waals surface area contributed by atoms with E-state index in [0.717, 1.165) is 12.8 Å². The molecule has 0 heterocycles. The van der Waals surface area contributed by atoms with Crippen LogP contribution in [0.2, 0.25) is 0 Å². The highest BCUT2D eigenvalue weighted by Gasteiger charge is 2.24.